The van der Waals surface area contributed by atoms with Crippen molar-refractivity contribution in [1.82, 2.24) is 4.90 Å². The highest BCUT2D eigenvalue weighted by molar-refractivity contribution is 6.42. The van der Waals surface area contributed by atoms with E-state index >= 15 is 0 Å². The summed E-state index contributed by atoms with van der Waals surface area (Å²) in [5.74, 6) is 1.78. The Kier molecular flexibility index (Phi) is 4.66. The van der Waals surface area contributed by atoms with Gasteiger partial charge in [-0.1, -0.05) is 29.3 Å². The molecule has 0 aromatic heterocycles. The highest BCUT2D eigenvalue weighted by Gasteiger charge is 2.35. The van der Waals surface area contributed by atoms with Crippen molar-refractivity contribution in [3.8, 4) is 11.5 Å². The molecule has 0 bridgehead atoms. The summed E-state index contributed by atoms with van der Waals surface area (Å²) in [6.45, 7) is 7.42. The molecule has 0 amide bonds. The molecule has 0 unspecified atom stereocenters. The molecule has 27 heavy (non-hydrogen) atoms. The van der Waals surface area contributed by atoms with Gasteiger partial charge in [-0.2, -0.15) is 0 Å². The summed E-state index contributed by atoms with van der Waals surface area (Å²) in [5.41, 5.74) is 4.34. The number of ketones is 1. The number of carbonyl (C=O) groups is 1. The minimum atomic E-state index is -0.0492. The molecule has 4 rings (SSSR count). The number of carbonyl (C=O) groups excluding carboxylic acids is 1. The lowest BCUT2D eigenvalue weighted by Gasteiger charge is -2.30. The molecule has 0 atom stereocenters. The number of Topliss-reactive ketones (excluding diaryl/α,β-unsaturated/α-hetero) is 1. The first-order valence-corrected chi connectivity index (χ1v) is 9.46. The van der Waals surface area contributed by atoms with E-state index in [1.54, 1.807) is 6.07 Å². The summed E-state index contributed by atoms with van der Waals surface area (Å²) < 4.78 is 11.9. The highest BCUT2D eigenvalue weighted by Crippen LogP contribution is 2.44. The van der Waals surface area contributed by atoms with Crippen LogP contribution in [0.15, 0.2) is 35.6 Å². The molecule has 0 aliphatic carbocycles. The maximum Gasteiger partial charge on any atom is 0.232 e. The molecule has 2 aromatic rings. The van der Waals surface area contributed by atoms with E-state index in [0.717, 1.165) is 28.0 Å². The minimum Gasteiger partial charge on any atom is -0.478 e. The van der Waals surface area contributed by atoms with Gasteiger partial charge in [-0.25, -0.2) is 0 Å². The van der Waals surface area contributed by atoms with Crippen LogP contribution in [-0.2, 0) is 13.1 Å². The number of ether oxygens (including phenoxy) is 2. The molecule has 2 aromatic carbocycles. The zero-order valence-corrected chi connectivity index (χ0v) is 16.9. The molecule has 0 saturated heterocycles. The fourth-order valence-electron chi connectivity index (χ4n) is 3.49. The van der Waals surface area contributed by atoms with E-state index in [9.17, 15) is 4.79 Å². The second kappa shape index (κ2) is 6.86. The zero-order valence-electron chi connectivity index (χ0n) is 15.4. The molecule has 0 saturated carbocycles. The van der Waals surface area contributed by atoms with E-state index in [2.05, 4.69) is 4.90 Å². The van der Waals surface area contributed by atoms with Gasteiger partial charge in [-0.05, 0) is 55.7 Å². The van der Waals surface area contributed by atoms with E-state index in [4.69, 9.17) is 32.7 Å². The minimum absolute atomic E-state index is 0.0492. The van der Waals surface area contributed by atoms with Crippen molar-refractivity contribution < 1.29 is 14.3 Å². The van der Waals surface area contributed by atoms with E-state index in [-0.39, 0.29) is 5.78 Å². The first-order valence-electron chi connectivity index (χ1n) is 8.70. The van der Waals surface area contributed by atoms with Crippen molar-refractivity contribution >= 4 is 29.0 Å². The van der Waals surface area contributed by atoms with Crippen LogP contribution in [0.25, 0.3) is 0 Å². The average Bonchev–Trinajstić information content (AvgIpc) is 2.97. The van der Waals surface area contributed by atoms with Crippen LogP contribution in [0, 0.1) is 6.92 Å². The van der Waals surface area contributed by atoms with Gasteiger partial charge in [0.25, 0.3) is 0 Å². The number of allylic oxidation sites excluding steroid dienone is 2. The Hall–Kier alpha value is -2.01. The fourth-order valence-corrected chi connectivity index (χ4v) is 3.81. The number of hydrogen-bond acceptors (Lipinski definition) is 4. The third-order valence-corrected chi connectivity index (χ3v) is 5.55. The Morgan fingerprint density at radius 1 is 1.19 bits per heavy atom. The zero-order chi connectivity index (χ0) is 19.3. The molecule has 0 N–H and O–H groups in total. The van der Waals surface area contributed by atoms with Crippen LogP contribution < -0.4 is 9.47 Å². The van der Waals surface area contributed by atoms with Crippen LogP contribution in [-0.4, -0.2) is 17.4 Å². The van der Waals surface area contributed by atoms with Gasteiger partial charge >= 0.3 is 0 Å². The number of fused-ring (bicyclic) bond motifs is 3. The topological polar surface area (TPSA) is 38.8 Å². The van der Waals surface area contributed by atoms with Crippen LogP contribution in [0.4, 0.5) is 0 Å². The third kappa shape index (κ3) is 3.22. The first kappa shape index (κ1) is 18.4. The summed E-state index contributed by atoms with van der Waals surface area (Å²) in [5, 5.41) is 1.07. The summed E-state index contributed by atoms with van der Waals surface area (Å²) in [6, 6.07) is 7.53. The lowest BCUT2D eigenvalue weighted by Crippen LogP contribution is -2.31. The monoisotopic (exact) mass is 403 g/mol. The highest BCUT2D eigenvalue weighted by atomic mass is 35.5. The molecule has 4 nitrogen and oxygen atoms in total. The van der Waals surface area contributed by atoms with E-state index < -0.39 is 0 Å². The predicted molar refractivity (Wildman–Crippen MR) is 106 cm³/mol. The van der Waals surface area contributed by atoms with Gasteiger partial charge in [0.2, 0.25) is 5.78 Å². The molecular formula is C21H19Cl2NO3. The molecule has 0 fully saturated rings. The van der Waals surface area contributed by atoms with Gasteiger partial charge in [-0.3, -0.25) is 9.69 Å². The normalized spacial score (nSPS) is 15.9. The van der Waals surface area contributed by atoms with Gasteiger partial charge in [0.05, 0.1) is 21.2 Å². The SMILES string of the molecule is CC(C)=C1Oc2c3c(cc(C)c2C1=O)OCN(Cc1ccc(Cl)c(Cl)c1)C3. The van der Waals surface area contributed by atoms with E-state index in [1.165, 1.54) is 0 Å². The second-order valence-corrected chi connectivity index (χ2v) is 7.96. The Bertz CT molecular complexity index is 993. The first-order chi connectivity index (χ1) is 12.8. The number of nitrogens with zero attached hydrogens (tertiary/aromatic N) is 1. The van der Waals surface area contributed by atoms with Gasteiger partial charge in [0.1, 0.15) is 18.2 Å². The third-order valence-electron chi connectivity index (χ3n) is 4.81. The van der Waals surface area contributed by atoms with Crippen molar-refractivity contribution in [3.63, 3.8) is 0 Å². The molecule has 0 spiro atoms. The fraction of sp³-hybridized carbons (Fsp3) is 0.286. The second-order valence-electron chi connectivity index (χ2n) is 7.14. The molecule has 0 radical (unpaired) electrons. The summed E-state index contributed by atoms with van der Waals surface area (Å²) >= 11 is 12.1. The number of hydrogen-bond donors (Lipinski definition) is 0. The number of rotatable bonds is 2. The number of benzene rings is 2. The molecular weight excluding hydrogens is 385 g/mol. The summed E-state index contributed by atoms with van der Waals surface area (Å²) in [6.07, 6.45) is 0. The van der Waals surface area contributed by atoms with Crippen LogP contribution in [0.1, 0.15) is 40.9 Å². The van der Waals surface area contributed by atoms with Crippen molar-refractivity contribution in [3.05, 3.63) is 67.9 Å². The molecule has 2 aliphatic heterocycles. The maximum atomic E-state index is 12.7. The lowest BCUT2D eigenvalue weighted by molar-refractivity contribution is 0.0871. The van der Waals surface area contributed by atoms with Crippen molar-refractivity contribution in [2.75, 3.05) is 6.73 Å². The Balaban J connectivity index is 1.66. The molecule has 2 heterocycles. The summed E-state index contributed by atoms with van der Waals surface area (Å²) in [4.78, 5) is 14.9. The number of aryl methyl sites for hydroxylation is 1. The maximum absolute atomic E-state index is 12.7. The lowest BCUT2D eigenvalue weighted by atomic mass is 9.98. The van der Waals surface area contributed by atoms with Crippen LogP contribution in [0.5, 0.6) is 11.5 Å². The van der Waals surface area contributed by atoms with Gasteiger partial charge < -0.3 is 9.47 Å². The molecule has 140 valence electrons. The predicted octanol–water partition coefficient (Wildman–Crippen LogP) is 5.52. The molecule has 2 aliphatic rings. The Labute approximate surface area is 168 Å². The number of halogens is 2. The van der Waals surface area contributed by atoms with Gasteiger partial charge in [0, 0.05) is 13.1 Å². The van der Waals surface area contributed by atoms with Gasteiger partial charge in [-0.15, -0.1) is 0 Å². The standard InChI is InChI=1S/C21H19Cl2NO3/c1-11(2)20-19(25)18-12(3)6-17-14(21(18)27-20)9-24(10-26-17)8-13-4-5-15(22)16(23)7-13/h4-7H,8-10H2,1-3H3. The van der Waals surface area contributed by atoms with E-state index in [0.29, 0.717) is 46.9 Å². The largest absolute Gasteiger partial charge is 0.478 e. The Morgan fingerprint density at radius 2 is 1.96 bits per heavy atom. The van der Waals surface area contributed by atoms with Crippen LogP contribution in [0.3, 0.4) is 0 Å². The summed E-state index contributed by atoms with van der Waals surface area (Å²) in [7, 11) is 0. The van der Waals surface area contributed by atoms with Crippen molar-refractivity contribution in [1.29, 1.82) is 0 Å². The van der Waals surface area contributed by atoms with E-state index in [1.807, 2.05) is 39.0 Å². The Morgan fingerprint density at radius 3 is 2.67 bits per heavy atom. The van der Waals surface area contributed by atoms with Crippen LogP contribution in [0.2, 0.25) is 10.0 Å². The quantitative estimate of drug-likeness (QED) is 0.618. The molecule has 6 heteroatoms. The van der Waals surface area contributed by atoms with Crippen molar-refractivity contribution in [2.45, 2.75) is 33.9 Å². The smallest absolute Gasteiger partial charge is 0.232 e. The van der Waals surface area contributed by atoms with Gasteiger partial charge in [0.15, 0.2) is 5.76 Å². The van der Waals surface area contributed by atoms with Crippen molar-refractivity contribution in [2.24, 2.45) is 0 Å². The van der Waals surface area contributed by atoms with Crippen LogP contribution >= 0.6 is 23.2 Å². The average molecular weight is 404 g/mol.